The molecule has 9 nitrogen and oxygen atoms in total. The van der Waals surface area contributed by atoms with Crippen molar-refractivity contribution in [1.29, 1.82) is 0 Å². The number of esters is 2. The molecule has 0 aromatic carbocycles. The molecule has 0 aliphatic carbocycles. The first-order valence-corrected chi connectivity index (χ1v) is 17.0. The van der Waals surface area contributed by atoms with Crippen LogP contribution >= 0.6 is 7.82 Å². The van der Waals surface area contributed by atoms with Gasteiger partial charge >= 0.3 is 19.8 Å². The first kappa shape index (κ1) is 39.5. The van der Waals surface area contributed by atoms with Crippen LogP contribution in [0.4, 0.5) is 0 Å². The van der Waals surface area contributed by atoms with Crippen molar-refractivity contribution in [2.24, 2.45) is 0 Å². The number of quaternary nitrogens is 1. The van der Waals surface area contributed by atoms with Gasteiger partial charge in [0, 0.05) is 12.8 Å². The Morgan fingerprint density at radius 3 is 2.05 bits per heavy atom. The number of carbonyl (C=O) groups is 2. The predicted molar refractivity (Wildman–Crippen MR) is 164 cm³/mol. The lowest BCUT2D eigenvalue weighted by Crippen LogP contribution is -2.37. The molecule has 0 aromatic rings. The number of nitrogens with zero attached hydrogens (tertiary/aromatic N) is 1. The van der Waals surface area contributed by atoms with Crippen molar-refractivity contribution < 1.29 is 42.1 Å². The SMILES string of the molecule is C/C=C\C/C=C\CCCCCCCC(=O)O[C@H](COC(=O)CCCCCCCC)COP(=O)(O)OCC[N+](C)(C)C. The van der Waals surface area contributed by atoms with Crippen LogP contribution in [0.15, 0.2) is 24.3 Å². The normalized spacial score (nSPS) is 14.4. The van der Waals surface area contributed by atoms with Crippen molar-refractivity contribution in [1.82, 2.24) is 0 Å². The van der Waals surface area contributed by atoms with E-state index in [-0.39, 0.29) is 32.0 Å². The number of phosphoric ester groups is 1. The van der Waals surface area contributed by atoms with Gasteiger partial charge in [0.05, 0.1) is 27.7 Å². The summed E-state index contributed by atoms with van der Waals surface area (Å²) in [6.45, 7) is 4.07. The van der Waals surface area contributed by atoms with Gasteiger partial charge in [-0.2, -0.15) is 0 Å². The van der Waals surface area contributed by atoms with Crippen molar-refractivity contribution in [2.45, 2.75) is 116 Å². The van der Waals surface area contributed by atoms with E-state index in [1.54, 1.807) is 0 Å². The fraction of sp³-hybridized carbons (Fsp3) is 0.806. The van der Waals surface area contributed by atoms with Crippen molar-refractivity contribution >= 4 is 19.8 Å². The highest BCUT2D eigenvalue weighted by molar-refractivity contribution is 7.47. The zero-order chi connectivity index (χ0) is 30.8. The minimum atomic E-state index is -4.35. The Bertz CT molecular complexity index is 779. The van der Waals surface area contributed by atoms with E-state index in [0.717, 1.165) is 64.2 Å². The summed E-state index contributed by atoms with van der Waals surface area (Å²) in [6, 6.07) is 0. The van der Waals surface area contributed by atoms with Gasteiger partial charge in [0.2, 0.25) is 0 Å². The van der Waals surface area contributed by atoms with Gasteiger partial charge in [0.15, 0.2) is 6.10 Å². The Balaban J connectivity index is 4.55. The first-order chi connectivity index (χ1) is 19.5. The van der Waals surface area contributed by atoms with E-state index in [1.807, 2.05) is 34.1 Å². The Kier molecular flexibility index (Phi) is 24.1. The summed E-state index contributed by atoms with van der Waals surface area (Å²) in [5, 5.41) is 0. The average Bonchev–Trinajstić information content (AvgIpc) is 2.90. The summed E-state index contributed by atoms with van der Waals surface area (Å²) < 4.78 is 33.8. The maximum atomic E-state index is 12.5. The molecule has 0 rings (SSSR count). The summed E-state index contributed by atoms with van der Waals surface area (Å²) in [7, 11) is 1.46. The van der Waals surface area contributed by atoms with E-state index in [4.69, 9.17) is 18.5 Å². The topological polar surface area (TPSA) is 108 Å². The largest absolute Gasteiger partial charge is 0.472 e. The molecule has 0 fully saturated rings. The third-order valence-corrected chi connectivity index (χ3v) is 7.31. The molecule has 0 spiro atoms. The highest BCUT2D eigenvalue weighted by atomic mass is 31.2. The van der Waals surface area contributed by atoms with Crippen LogP contribution in [0.25, 0.3) is 0 Å². The summed E-state index contributed by atoms with van der Waals surface area (Å²) in [4.78, 5) is 34.7. The van der Waals surface area contributed by atoms with E-state index in [1.165, 1.54) is 12.8 Å². The van der Waals surface area contributed by atoms with E-state index in [9.17, 15) is 19.0 Å². The summed E-state index contributed by atoms with van der Waals surface area (Å²) in [5.41, 5.74) is 0. The maximum absolute atomic E-state index is 12.5. The van der Waals surface area contributed by atoms with Crippen LogP contribution in [0.2, 0.25) is 0 Å². The number of rotatable bonds is 27. The van der Waals surface area contributed by atoms with Gasteiger partial charge in [-0.05, 0) is 39.0 Å². The molecule has 0 bridgehead atoms. The summed E-state index contributed by atoms with van der Waals surface area (Å²) >= 11 is 0. The molecular weight excluding hydrogens is 545 g/mol. The standard InChI is InChI=1S/C31H58NO8P/c1-6-8-10-12-14-15-16-17-18-20-22-24-31(34)40-29(27-37-30(33)23-21-19-13-11-9-7-2)28-39-41(35,36)38-26-25-32(3,4)5/h6,8,12,14,29H,7,9-11,13,15-28H2,1-5H3/p+1/b8-6-,14-12-/t29-/m1/s1. The number of carbonyl (C=O) groups excluding carboxylic acids is 2. The minimum absolute atomic E-state index is 0.0292. The molecule has 0 saturated heterocycles. The van der Waals surface area contributed by atoms with Gasteiger partial charge in [0.25, 0.3) is 0 Å². The lowest BCUT2D eigenvalue weighted by atomic mass is 10.1. The number of unbranched alkanes of at least 4 members (excludes halogenated alkanes) is 10. The molecule has 0 saturated carbocycles. The van der Waals surface area contributed by atoms with Gasteiger partial charge in [-0.25, -0.2) is 4.57 Å². The molecule has 0 aliphatic rings. The van der Waals surface area contributed by atoms with Gasteiger partial charge < -0.3 is 18.9 Å². The van der Waals surface area contributed by atoms with Crippen LogP contribution in [0.3, 0.4) is 0 Å². The average molecular weight is 605 g/mol. The second kappa shape index (κ2) is 25.0. The molecule has 0 aromatic heterocycles. The highest BCUT2D eigenvalue weighted by Gasteiger charge is 2.27. The van der Waals surface area contributed by atoms with Gasteiger partial charge in [-0.15, -0.1) is 0 Å². The lowest BCUT2D eigenvalue weighted by molar-refractivity contribution is -0.870. The number of allylic oxidation sites excluding steroid dienone is 4. The quantitative estimate of drug-likeness (QED) is 0.0343. The predicted octanol–water partition coefficient (Wildman–Crippen LogP) is 7.28. The molecule has 10 heteroatoms. The number of likely N-dealkylation sites (N-methyl/N-ethyl adjacent to an activating group) is 1. The van der Waals surface area contributed by atoms with E-state index in [2.05, 4.69) is 25.2 Å². The summed E-state index contributed by atoms with van der Waals surface area (Å²) in [6.07, 6.45) is 21.3. The Morgan fingerprint density at radius 1 is 0.805 bits per heavy atom. The van der Waals surface area contributed by atoms with Crippen LogP contribution in [0.1, 0.15) is 110 Å². The van der Waals surface area contributed by atoms with E-state index in [0.29, 0.717) is 17.4 Å². The maximum Gasteiger partial charge on any atom is 0.472 e. The molecule has 0 heterocycles. The monoisotopic (exact) mass is 604 g/mol. The zero-order valence-corrected chi connectivity index (χ0v) is 27.4. The van der Waals surface area contributed by atoms with Crippen LogP contribution in [-0.4, -0.2) is 74.9 Å². The van der Waals surface area contributed by atoms with Crippen LogP contribution in [-0.2, 0) is 32.7 Å². The molecule has 0 radical (unpaired) electrons. The van der Waals surface area contributed by atoms with Gasteiger partial charge in [-0.1, -0.05) is 82.6 Å². The molecule has 1 unspecified atom stereocenters. The first-order valence-electron chi connectivity index (χ1n) is 15.5. The van der Waals surface area contributed by atoms with Crippen LogP contribution in [0.5, 0.6) is 0 Å². The third-order valence-electron chi connectivity index (χ3n) is 6.33. The van der Waals surface area contributed by atoms with Crippen molar-refractivity contribution in [3.05, 3.63) is 24.3 Å². The van der Waals surface area contributed by atoms with E-state index >= 15 is 0 Å². The molecule has 1 N–H and O–H groups in total. The van der Waals surface area contributed by atoms with Gasteiger partial charge in [-0.3, -0.25) is 18.6 Å². The van der Waals surface area contributed by atoms with Crippen molar-refractivity contribution in [2.75, 3.05) is 47.5 Å². The molecule has 240 valence electrons. The lowest BCUT2D eigenvalue weighted by Gasteiger charge is -2.24. The molecular formula is C31H59NO8P+. The smallest absolute Gasteiger partial charge is 0.462 e. The minimum Gasteiger partial charge on any atom is -0.462 e. The number of ether oxygens (including phenoxy) is 2. The van der Waals surface area contributed by atoms with Crippen LogP contribution < -0.4 is 0 Å². The molecule has 2 atom stereocenters. The fourth-order valence-corrected chi connectivity index (χ4v) is 4.55. The second-order valence-corrected chi connectivity index (χ2v) is 13.0. The Hall–Kier alpha value is -1.51. The molecule has 0 amide bonds. The van der Waals surface area contributed by atoms with Gasteiger partial charge in [0.1, 0.15) is 19.8 Å². The molecule has 0 aliphatic heterocycles. The Morgan fingerprint density at radius 2 is 1.41 bits per heavy atom. The summed E-state index contributed by atoms with van der Waals surface area (Å²) in [5.74, 6) is -0.833. The zero-order valence-electron chi connectivity index (χ0n) is 26.5. The molecule has 41 heavy (non-hydrogen) atoms. The number of hydrogen-bond acceptors (Lipinski definition) is 7. The number of phosphoric acid groups is 1. The fourth-order valence-electron chi connectivity index (χ4n) is 3.80. The Labute approximate surface area is 249 Å². The number of hydrogen-bond donors (Lipinski definition) is 1. The van der Waals surface area contributed by atoms with E-state index < -0.39 is 26.5 Å². The van der Waals surface area contributed by atoms with Crippen molar-refractivity contribution in [3.8, 4) is 0 Å². The van der Waals surface area contributed by atoms with Crippen molar-refractivity contribution in [3.63, 3.8) is 0 Å². The highest BCUT2D eigenvalue weighted by Crippen LogP contribution is 2.43. The van der Waals surface area contributed by atoms with Crippen LogP contribution in [0, 0.1) is 0 Å². The third kappa shape index (κ3) is 28.4. The second-order valence-electron chi connectivity index (χ2n) is 11.5.